The first kappa shape index (κ1) is 18.0. The highest BCUT2D eigenvalue weighted by atomic mass is 15.2. The second-order valence-electron chi connectivity index (χ2n) is 6.81. The summed E-state index contributed by atoms with van der Waals surface area (Å²) in [5.74, 6) is 0.786. The van der Waals surface area contributed by atoms with Crippen molar-refractivity contribution in [1.29, 1.82) is 0 Å². The Labute approximate surface area is 165 Å². The van der Waals surface area contributed by atoms with Crippen LogP contribution in [0.5, 0.6) is 0 Å². The predicted molar refractivity (Wildman–Crippen MR) is 117 cm³/mol. The quantitative estimate of drug-likeness (QED) is 0.410. The average molecular weight is 371 g/mol. The highest BCUT2D eigenvalue weighted by Crippen LogP contribution is 2.18. The van der Waals surface area contributed by atoms with Crippen LogP contribution in [0.1, 0.15) is 11.1 Å². The Balaban J connectivity index is 1.37. The molecule has 0 amide bonds. The van der Waals surface area contributed by atoms with Gasteiger partial charge in [0.15, 0.2) is 5.96 Å². The van der Waals surface area contributed by atoms with Crippen molar-refractivity contribution in [2.45, 2.75) is 13.1 Å². The Bertz CT molecular complexity index is 995. The molecule has 4 rings (SSSR count). The van der Waals surface area contributed by atoms with Crippen LogP contribution in [0.25, 0.3) is 10.9 Å². The van der Waals surface area contributed by atoms with E-state index in [-0.39, 0.29) is 0 Å². The first-order valence-electron chi connectivity index (χ1n) is 9.59. The summed E-state index contributed by atoms with van der Waals surface area (Å²) in [6.45, 7) is 3.40. The van der Waals surface area contributed by atoms with E-state index in [1.54, 1.807) is 7.05 Å². The largest absolute Gasteiger partial charge is 0.364 e. The van der Waals surface area contributed by atoms with Gasteiger partial charge in [-0.05, 0) is 35.4 Å². The van der Waals surface area contributed by atoms with Gasteiger partial charge in [0.05, 0.1) is 5.52 Å². The molecule has 0 spiro atoms. The van der Waals surface area contributed by atoms with Gasteiger partial charge in [-0.25, -0.2) is 0 Å². The third-order valence-corrected chi connectivity index (χ3v) is 4.96. The van der Waals surface area contributed by atoms with Crippen molar-refractivity contribution in [3.05, 3.63) is 84.1 Å². The number of aromatic nitrogens is 1. The number of rotatable bonds is 5. The van der Waals surface area contributed by atoms with E-state index in [9.17, 15) is 0 Å². The Kier molecular flexibility index (Phi) is 5.52. The summed E-state index contributed by atoms with van der Waals surface area (Å²) < 4.78 is 0. The molecule has 2 N–H and O–H groups in total. The third kappa shape index (κ3) is 4.14. The molecule has 1 aromatic heterocycles. The minimum Gasteiger partial charge on any atom is -0.364 e. The van der Waals surface area contributed by atoms with Crippen molar-refractivity contribution in [1.82, 2.24) is 15.6 Å². The molecular weight excluding hydrogens is 346 g/mol. The average Bonchev–Trinajstić information content (AvgIpc) is 3.29. The number of pyridine rings is 1. The van der Waals surface area contributed by atoms with E-state index in [4.69, 9.17) is 0 Å². The summed E-state index contributed by atoms with van der Waals surface area (Å²) in [5, 5.41) is 7.99. The van der Waals surface area contributed by atoms with Crippen LogP contribution >= 0.6 is 0 Å². The molecule has 3 aromatic rings. The van der Waals surface area contributed by atoms with E-state index in [0.717, 1.165) is 31.1 Å². The minimum atomic E-state index is 0.697. The predicted octanol–water partition coefficient (Wildman–Crippen LogP) is 3.48. The molecule has 142 valence electrons. The van der Waals surface area contributed by atoms with E-state index < -0.39 is 0 Å². The maximum Gasteiger partial charge on any atom is 0.191 e. The van der Waals surface area contributed by atoms with Gasteiger partial charge in [0.25, 0.3) is 0 Å². The lowest BCUT2D eigenvalue weighted by Crippen LogP contribution is -2.36. The second kappa shape index (κ2) is 8.57. The Hall–Kier alpha value is -3.34. The zero-order valence-electron chi connectivity index (χ0n) is 16.1. The minimum absolute atomic E-state index is 0.697. The molecule has 0 radical (unpaired) electrons. The number of hydrogen-bond donors (Lipinski definition) is 2. The van der Waals surface area contributed by atoms with Crippen molar-refractivity contribution >= 4 is 22.5 Å². The maximum atomic E-state index is 4.42. The molecule has 2 aromatic carbocycles. The number of hydrogen-bond acceptors (Lipinski definition) is 3. The standard InChI is InChI=1S/C23H25N5/c1-24-23(27-17-19-11-12-25-22-10-3-2-9-21(19)22)26-16-18-7-6-8-20(15-18)28-13-4-5-14-28/h2-12,15H,13-14,16-17H2,1H3,(H2,24,26,27). The third-order valence-electron chi connectivity index (χ3n) is 4.96. The molecule has 5 nitrogen and oxygen atoms in total. The van der Waals surface area contributed by atoms with Crippen LogP contribution in [-0.4, -0.2) is 31.1 Å². The number of nitrogens with zero attached hydrogens (tertiary/aromatic N) is 3. The van der Waals surface area contributed by atoms with Crippen LogP contribution in [0.2, 0.25) is 0 Å². The van der Waals surface area contributed by atoms with Crippen LogP contribution < -0.4 is 15.5 Å². The second-order valence-corrected chi connectivity index (χ2v) is 6.81. The Morgan fingerprint density at radius 1 is 1.00 bits per heavy atom. The molecule has 0 saturated heterocycles. The monoisotopic (exact) mass is 371 g/mol. The number of para-hydroxylation sites is 1. The van der Waals surface area contributed by atoms with Crippen LogP contribution in [0.15, 0.2) is 77.9 Å². The number of nitrogens with one attached hydrogen (secondary N) is 2. The van der Waals surface area contributed by atoms with Gasteiger partial charge >= 0.3 is 0 Å². The van der Waals surface area contributed by atoms with Crippen molar-refractivity contribution in [2.24, 2.45) is 4.99 Å². The van der Waals surface area contributed by atoms with Crippen molar-refractivity contribution in [3.63, 3.8) is 0 Å². The van der Waals surface area contributed by atoms with Crippen LogP contribution in [-0.2, 0) is 13.1 Å². The lowest BCUT2D eigenvalue weighted by Gasteiger charge is -2.19. The summed E-state index contributed by atoms with van der Waals surface area (Å²) in [6, 6.07) is 18.9. The SMILES string of the molecule is CN=C(NCc1cccc(N2CC=CC2)c1)NCc1ccnc2ccccc12. The zero-order valence-corrected chi connectivity index (χ0v) is 16.1. The number of fused-ring (bicyclic) bond motifs is 1. The van der Waals surface area contributed by atoms with E-state index in [1.165, 1.54) is 22.2 Å². The van der Waals surface area contributed by atoms with Gasteiger partial charge in [0.1, 0.15) is 0 Å². The number of benzene rings is 2. The van der Waals surface area contributed by atoms with Gasteiger partial charge in [-0.1, -0.05) is 42.5 Å². The fraction of sp³-hybridized carbons (Fsp3) is 0.217. The van der Waals surface area contributed by atoms with Crippen LogP contribution in [0.3, 0.4) is 0 Å². The van der Waals surface area contributed by atoms with Gasteiger partial charge < -0.3 is 15.5 Å². The van der Waals surface area contributed by atoms with Gasteiger partial charge in [0.2, 0.25) is 0 Å². The molecule has 0 bridgehead atoms. The molecule has 0 saturated carbocycles. The van der Waals surface area contributed by atoms with E-state index in [1.807, 2.05) is 24.4 Å². The van der Waals surface area contributed by atoms with E-state index in [0.29, 0.717) is 6.54 Å². The number of guanidine groups is 1. The number of aliphatic imine (C=N–C) groups is 1. The Morgan fingerprint density at radius 3 is 2.68 bits per heavy atom. The number of anilines is 1. The fourth-order valence-corrected chi connectivity index (χ4v) is 3.45. The summed E-state index contributed by atoms with van der Waals surface area (Å²) in [5.41, 5.74) is 4.72. The van der Waals surface area contributed by atoms with Crippen molar-refractivity contribution in [2.75, 3.05) is 25.0 Å². The molecule has 1 aliphatic rings. The fourth-order valence-electron chi connectivity index (χ4n) is 3.45. The summed E-state index contributed by atoms with van der Waals surface area (Å²) in [4.78, 5) is 11.1. The molecular formula is C23H25N5. The normalized spacial score (nSPS) is 13.9. The van der Waals surface area contributed by atoms with E-state index in [2.05, 4.69) is 74.1 Å². The molecule has 28 heavy (non-hydrogen) atoms. The van der Waals surface area contributed by atoms with Crippen molar-refractivity contribution in [3.8, 4) is 0 Å². The van der Waals surface area contributed by atoms with Gasteiger partial charge in [-0.2, -0.15) is 0 Å². The Morgan fingerprint density at radius 2 is 1.82 bits per heavy atom. The molecule has 0 aliphatic carbocycles. The van der Waals surface area contributed by atoms with Crippen LogP contribution in [0.4, 0.5) is 5.69 Å². The topological polar surface area (TPSA) is 52.6 Å². The highest BCUT2D eigenvalue weighted by Gasteiger charge is 2.08. The first-order chi connectivity index (χ1) is 13.8. The first-order valence-corrected chi connectivity index (χ1v) is 9.59. The summed E-state index contributed by atoms with van der Waals surface area (Å²) in [6.07, 6.45) is 6.27. The molecule has 5 heteroatoms. The highest BCUT2D eigenvalue weighted by molar-refractivity contribution is 5.83. The molecule has 0 unspecified atom stereocenters. The molecule has 0 atom stereocenters. The smallest absolute Gasteiger partial charge is 0.191 e. The molecule has 1 aliphatic heterocycles. The molecule has 0 fully saturated rings. The maximum absolute atomic E-state index is 4.42. The lowest BCUT2D eigenvalue weighted by molar-refractivity contribution is 0.811. The van der Waals surface area contributed by atoms with Gasteiger partial charge in [0, 0.05) is 50.5 Å². The zero-order chi connectivity index (χ0) is 19.2. The summed E-state index contributed by atoms with van der Waals surface area (Å²) in [7, 11) is 1.80. The van der Waals surface area contributed by atoms with E-state index >= 15 is 0 Å². The van der Waals surface area contributed by atoms with Crippen LogP contribution in [0, 0.1) is 0 Å². The summed E-state index contributed by atoms with van der Waals surface area (Å²) >= 11 is 0. The molecule has 2 heterocycles. The van der Waals surface area contributed by atoms with Crippen molar-refractivity contribution < 1.29 is 0 Å². The van der Waals surface area contributed by atoms with Gasteiger partial charge in [-0.15, -0.1) is 0 Å². The van der Waals surface area contributed by atoms with Gasteiger partial charge in [-0.3, -0.25) is 9.98 Å². The lowest BCUT2D eigenvalue weighted by atomic mass is 10.1.